The number of rotatable bonds is 1. The first-order valence-electron chi connectivity index (χ1n) is 5.46. The van der Waals surface area contributed by atoms with E-state index in [4.69, 9.17) is 0 Å². The van der Waals surface area contributed by atoms with Gasteiger partial charge in [-0.2, -0.15) is 0 Å². The number of imidazole rings is 1. The van der Waals surface area contributed by atoms with Crippen molar-refractivity contribution in [2.75, 3.05) is 0 Å². The third-order valence-corrected chi connectivity index (χ3v) is 3.31. The zero-order chi connectivity index (χ0) is 10.4. The van der Waals surface area contributed by atoms with Crippen molar-refractivity contribution in [3.8, 4) is 0 Å². The Balaban J connectivity index is 2.27. The highest BCUT2D eigenvalue weighted by Crippen LogP contribution is 2.32. The molecule has 0 radical (unpaired) electrons. The van der Waals surface area contributed by atoms with Crippen LogP contribution in [-0.2, 0) is 0 Å². The number of benzene rings is 1. The SMILES string of the molecule is Cc1ccc2c(c1)[nH]c(=O)n2C1CCC1. The van der Waals surface area contributed by atoms with Crippen molar-refractivity contribution in [2.24, 2.45) is 0 Å². The molecule has 0 saturated heterocycles. The molecule has 1 aromatic carbocycles. The third-order valence-electron chi connectivity index (χ3n) is 3.31. The number of aryl methyl sites for hydroxylation is 1. The highest BCUT2D eigenvalue weighted by atomic mass is 16.1. The lowest BCUT2D eigenvalue weighted by Gasteiger charge is -2.26. The summed E-state index contributed by atoms with van der Waals surface area (Å²) in [5.41, 5.74) is 3.24. The van der Waals surface area contributed by atoms with Crippen LogP contribution in [-0.4, -0.2) is 9.55 Å². The highest BCUT2D eigenvalue weighted by molar-refractivity contribution is 5.76. The van der Waals surface area contributed by atoms with Crippen LogP contribution in [0.1, 0.15) is 30.9 Å². The first kappa shape index (κ1) is 8.77. The van der Waals surface area contributed by atoms with Crippen LogP contribution in [0.4, 0.5) is 0 Å². The van der Waals surface area contributed by atoms with E-state index in [1.807, 2.05) is 23.6 Å². The molecule has 0 amide bonds. The lowest BCUT2D eigenvalue weighted by Crippen LogP contribution is -2.26. The molecule has 0 unspecified atom stereocenters. The van der Waals surface area contributed by atoms with Gasteiger partial charge in [0, 0.05) is 6.04 Å². The molecule has 3 rings (SSSR count). The third kappa shape index (κ3) is 1.23. The van der Waals surface area contributed by atoms with Gasteiger partial charge in [-0.05, 0) is 43.9 Å². The molecular weight excluding hydrogens is 188 g/mol. The second kappa shape index (κ2) is 2.99. The molecule has 0 bridgehead atoms. The summed E-state index contributed by atoms with van der Waals surface area (Å²) >= 11 is 0. The average Bonchev–Trinajstić information content (AvgIpc) is 2.40. The van der Waals surface area contributed by atoms with Crippen LogP contribution in [0.2, 0.25) is 0 Å². The molecule has 0 atom stereocenters. The van der Waals surface area contributed by atoms with Crippen LogP contribution in [0.5, 0.6) is 0 Å². The summed E-state index contributed by atoms with van der Waals surface area (Å²) in [6, 6.07) is 6.56. The number of nitrogens with one attached hydrogen (secondary N) is 1. The second-order valence-corrected chi connectivity index (χ2v) is 4.41. The van der Waals surface area contributed by atoms with Gasteiger partial charge in [-0.1, -0.05) is 6.07 Å². The Morgan fingerprint density at radius 2 is 2.20 bits per heavy atom. The zero-order valence-corrected chi connectivity index (χ0v) is 8.79. The van der Waals surface area contributed by atoms with Crippen molar-refractivity contribution in [2.45, 2.75) is 32.2 Å². The van der Waals surface area contributed by atoms with Crippen molar-refractivity contribution >= 4 is 11.0 Å². The van der Waals surface area contributed by atoms with E-state index in [1.165, 1.54) is 12.0 Å². The van der Waals surface area contributed by atoms with Gasteiger partial charge >= 0.3 is 5.69 Å². The number of fused-ring (bicyclic) bond motifs is 1. The fourth-order valence-electron chi connectivity index (χ4n) is 2.25. The lowest BCUT2D eigenvalue weighted by atomic mass is 9.93. The zero-order valence-electron chi connectivity index (χ0n) is 8.79. The largest absolute Gasteiger partial charge is 0.326 e. The summed E-state index contributed by atoms with van der Waals surface area (Å²) in [6.07, 6.45) is 3.52. The fourth-order valence-corrected chi connectivity index (χ4v) is 2.25. The maximum atomic E-state index is 11.8. The Labute approximate surface area is 87.7 Å². The minimum Gasteiger partial charge on any atom is -0.306 e. The first-order chi connectivity index (χ1) is 7.25. The molecule has 15 heavy (non-hydrogen) atoms. The van der Waals surface area contributed by atoms with Crippen LogP contribution < -0.4 is 5.69 Å². The molecule has 1 aliphatic carbocycles. The van der Waals surface area contributed by atoms with Gasteiger partial charge in [0.15, 0.2) is 0 Å². The predicted octanol–water partition coefficient (Wildman–Crippen LogP) is 2.36. The lowest BCUT2D eigenvalue weighted by molar-refractivity contribution is 0.314. The molecule has 3 heteroatoms. The van der Waals surface area contributed by atoms with Crippen molar-refractivity contribution in [1.29, 1.82) is 0 Å². The van der Waals surface area contributed by atoms with Crippen LogP contribution in [0.15, 0.2) is 23.0 Å². The number of aromatic amines is 1. The van der Waals surface area contributed by atoms with Gasteiger partial charge in [-0.15, -0.1) is 0 Å². The van der Waals surface area contributed by atoms with Crippen LogP contribution in [0.25, 0.3) is 11.0 Å². The molecule has 0 spiro atoms. The maximum Gasteiger partial charge on any atom is 0.326 e. The molecule has 78 valence electrons. The van der Waals surface area contributed by atoms with E-state index >= 15 is 0 Å². The van der Waals surface area contributed by atoms with Crippen LogP contribution >= 0.6 is 0 Å². The quantitative estimate of drug-likeness (QED) is 0.757. The molecular formula is C12H14N2O. The smallest absolute Gasteiger partial charge is 0.306 e. The van der Waals surface area contributed by atoms with Crippen LogP contribution in [0.3, 0.4) is 0 Å². The van der Waals surface area contributed by atoms with Crippen molar-refractivity contribution in [3.05, 3.63) is 34.2 Å². The molecule has 1 fully saturated rings. The standard InChI is InChI=1S/C12H14N2O/c1-8-5-6-11-10(7-8)13-12(15)14(11)9-3-2-4-9/h5-7,9H,2-4H2,1H3,(H,13,15). The van der Waals surface area contributed by atoms with Crippen LogP contribution in [0, 0.1) is 6.92 Å². The van der Waals surface area contributed by atoms with Gasteiger partial charge in [-0.25, -0.2) is 4.79 Å². The number of nitrogens with zero attached hydrogens (tertiary/aromatic N) is 1. The van der Waals surface area contributed by atoms with Crippen molar-refractivity contribution < 1.29 is 0 Å². The molecule has 2 aromatic rings. The van der Waals surface area contributed by atoms with Gasteiger partial charge in [0.25, 0.3) is 0 Å². The van der Waals surface area contributed by atoms with E-state index in [0.29, 0.717) is 6.04 Å². The topological polar surface area (TPSA) is 37.8 Å². The summed E-state index contributed by atoms with van der Waals surface area (Å²) in [5, 5.41) is 0. The van der Waals surface area contributed by atoms with E-state index in [9.17, 15) is 4.79 Å². The monoisotopic (exact) mass is 202 g/mol. The van der Waals surface area contributed by atoms with Gasteiger partial charge in [0.05, 0.1) is 11.0 Å². The Bertz CT molecular complexity index is 560. The summed E-state index contributed by atoms with van der Waals surface area (Å²) in [4.78, 5) is 14.7. The van der Waals surface area contributed by atoms with E-state index < -0.39 is 0 Å². The highest BCUT2D eigenvalue weighted by Gasteiger charge is 2.22. The number of H-pyrrole nitrogens is 1. The molecule has 1 heterocycles. The van der Waals surface area contributed by atoms with E-state index in [-0.39, 0.29) is 5.69 Å². The second-order valence-electron chi connectivity index (χ2n) is 4.41. The van der Waals surface area contributed by atoms with Gasteiger partial charge in [0.1, 0.15) is 0 Å². The van der Waals surface area contributed by atoms with Crippen molar-refractivity contribution in [1.82, 2.24) is 9.55 Å². The predicted molar refractivity (Wildman–Crippen MR) is 60.2 cm³/mol. The molecule has 3 nitrogen and oxygen atoms in total. The summed E-state index contributed by atoms with van der Waals surface area (Å²) in [5.74, 6) is 0. The summed E-state index contributed by atoms with van der Waals surface area (Å²) in [6.45, 7) is 2.04. The molecule has 1 N–H and O–H groups in total. The Morgan fingerprint density at radius 3 is 2.87 bits per heavy atom. The molecule has 1 aliphatic rings. The molecule has 0 aliphatic heterocycles. The van der Waals surface area contributed by atoms with E-state index in [2.05, 4.69) is 11.1 Å². The number of hydrogen-bond acceptors (Lipinski definition) is 1. The van der Waals surface area contributed by atoms with Gasteiger partial charge < -0.3 is 4.98 Å². The average molecular weight is 202 g/mol. The number of hydrogen-bond donors (Lipinski definition) is 1. The Hall–Kier alpha value is -1.51. The minimum atomic E-state index is 0.0419. The van der Waals surface area contributed by atoms with Gasteiger partial charge in [0.2, 0.25) is 0 Å². The normalized spacial score (nSPS) is 16.9. The molecule has 1 aromatic heterocycles. The van der Waals surface area contributed by atoms with Crippen molar-refractivity contribution in [3.63, 3.8) is 0 Å². The van der Waals surface area contributed by atoms with E-state index in [1.54, 1.807) is 0 Å². The first-order valence-corrected chi connectivity index (χ1v) is 5.46. The summed E-state index contributed by atoms with van der Waals surface area (Å²) in [7, 11) is 0. The Kier molecular flexibility index (Phi) is 1.75. The van der Waals surface area contributed by atoms with E-state index in [0.717, 1.165) is 23.9 Å². The molecule has 1 saturated carbocycles. The van der Waals surface area contributed by atoms with Gasteiger partial charge in [-0.3, -0.25) is 4.57 Å². The fraction of sp³-hybridized carbons (Fsp3) is 0.417. The number of aromatic nitrogens is 2. The Morgan fingerprint density at radius 1 is 1.40 bits per heavy atom. The summed E-state index contributed by atoms with van der Waals surface area (Å²) < 4.78 is 1.91. The minimum absolute atomic E-state index is 0.0419. The maximum absolute atomic E-state index is 11.8.